The summed E-state index contributed by atoms with van der Waals surface area (Å²) >= 11 is 0. The second kappa shape index (κ2) is 5.58. The van der Waals surface area contributed by atoms with Crippen molar-refractivity contribution in [2.75, 3.05) is 6.54 Å². The van der Waals surface area contributed by atoms with Crippen molar-refractivity contribution in [3.8, 4) is 0 Å². The molecule has 1 rings (SSSR count). The number of hydrogen-bond donors (Lipinski definition) is 0. The Morgan fingerprint density at radius 2 is 1.79 bits per heavy atom. The fourth-order valence-electron chi connectivity index (χ4n) is 1.61. The van der Waals surface area contributed by atoms with Gasteiger partial charge in [0.15, 0.2) is 0 Å². The van der Waals surface area contributed by atoms with Gasteiger partial charge in [-0.25, -0.2) is 0 Å². The zero-order valence-corrected chi connectivity index (χ0v) is 8.50. The third-order valence-corrected chi connectivity index (χ3v) is 2.44. The molecule has 0 unspecified atom stereocenters. The molecule has 14 heavy (non-hydrogen) atoms. The van der Waals surface area contributed by atoms with Gasteiger partial charge in [-0.15, -0.1) is 6.58 Å². The van der Waals surface area contributed by atoms with E-state index in [1.165, 1.54) is 4.90 Å². The molecule has 3 nitrogen and oxygen atoms in total. The van der Waals surface area contributed by atoms with Crippen molar-refractivity contribution >= 4 is 11.8 Å². The first-order valence-electron chi connectivity index (χ1n) is 5.20. The summed E-state index contributed by atoms with van der Waals surface area (Å²) in [7, 11) is 0. The molecule has 0 aromatic rings. The average Bonchev–Trinajstić information content (AvgIpc) is 2.48. The van der Waals surface area contributed by atoms with Crippen LogP contribution in [0.1, 0.15) is 38.5 Å². The van der Waals surface area contributed by atoms with E-state index in [4.69, 9.17) is 0 Å². The molecule has 0 aromatic carbocycles. The van der Waals surface area contributed by atoms with E-state index in [-0.39, 0.29) is 11.8 Å². The number of imide groups is 1. The molecule has 1 saturated heterocycles. The molecule has 1 fully saturated rings. The molecular weight excluding hydrogens is 178 g/mol. The van der Waals surface area contributed by atoms with Crippen LogP contribution in [0.4, 0.5) is 0 Å². The molecule has 0 saturated carbocycles. The van der Waals surface area contributed by atoms with E-state index >= 15 is 0 Å². The van der Waals surface area contributed by atoms with Crippen LogP contribution in [0.15, 0.2) is 12.7 Å². The lowest BCUT2D eigenvalue weighted by Crippen LogP contribution is -2.29. The fourth-order valence-corrected chi connectivity index (χ4v) is 1.61. The number of allylic oxidation sites excluding steroid dienone is 1. The first-order chi connectivity index (χ1) is 6.75. The molecular formula is C11H17NO2. The second-order valence-corrected chi connectivity index (χ2v) is 3.58. The predicted molar refractivity (Wildman–Crippen MR) is 54.6 cm³/mol. The standard InChI is InChI=1S/C11H17NO2/c1-2-3-4-5-6-9-12-10(13)7-8-11(12)14/h2H,1,3-9H2. The van der Waals surface area contributed by atoms with E-state index in [1.54, 1.807) is 0 Å². The SMILES string of the molecule is C=CCCCCCN1C(=O)CCC1=O. The lowest BCUT2D eigenvalue weighted by atomic mass is 10.2. The Kier molecular flexibility index (Phi) is 4.36. The van der Waals surface area contributed by atoms with Crippen molar-refractivity contribution in [1.82, 2.24) is 4.90 Å². The third-order valence-electron chi connectivity index (χ3n) is 2.44. The number of likely N-dealkylation sites (tertiary alicyclic amines) is 1. The fraction of sp³-hybridized carbons (Fsp3) is 0.636. The van der Waals surface area contributed by atoms with Gasteiger partial charge >= 0.3 is 0 Å². The van der Waals surface area contributed by atoms with Crippen LogP contribution in [-0.4, -0.2) is 23.3 Å². The van der Waals surface area contributed by atoms with E-state index < -0.39 is 0 Å². The number of amides is 2. The van der Waals surface area contributed by atoms with Crippen LogP contribution in [-0.2, 0) is 9.59 Å². The maximum Gasteiger partial charge on any atom is 0.229 e. The summed E-state index contributed by atoms with van der Waals surface area (Å²) in [4.78, 5) is 23.8. The topological polar surface area (TPSA) is 37.4 Å². The van der Waals surface area contributed by atoms with E-state index in [2.05, 4.69) is 6.58 Å². The lowest BCUT2D eigenvalue weighted by molar-refractivity contribution is -0.138. The number of carbonyl (C=O) groups is 2. The van der Waals surface area contributed by atoms with Gasteiger partial charge < -0.3 is 0 Å². The number of unbranched alkanes of at least 4 members (excludes halogenated alkanes) is 3. The zero-order chi connectivity index (χ0) is 10.4. The highest BCUT2D eigenvalue weighted by molar-refractivity contribution is 6.01. The minimum Gasteiger partial charge on any atom is -0.283 e. The van der Waals surface area contributed by atoms with Crippen LogP contribution in [0.2, 0.25) is 0 Å². The van der Waals surface area contributed by atoms with Gasteiger partial charge in [0.2, 0.25) is 11.8 Å². The van der Waals surface area contributed by atoms with Crippen LogP contribution < -0.4 is 0 Å². The van der Waals surface area contributed by atoms with E-state index in [0.29, 0.717) is 19.4 Å². The third kappa shape index (κ3) is 2.98. The van der Waals surface area contributed by atoms with Gasteiger partial charge in [-0.05, 0) is 19.3 Å². The van der Waals surface area contributed by atoms with E-state index in [9.17, 15) is 9.59 Å². The molecule has 0 aliphatic carbocycles. The van der Waals surface area contributed by atoms with Crippen molar-refractivity contribution < 1.29 is 9.59 Å². The second-order valence-electron chi connectivity index (χ2n) is 3.58. The molecule has 1 aliphatic heterocycles. The van der Waals surface area contributed by atoms with Gasteiger partial charge in [0.05, 0.1) is 0 Å². The van der Waals surface area contributed by atoms with Gasteiger partial charge in [-0.1, -0.05) is 12.5 Å². The first-order valence-corrected chi connectivity index (χ1v) is 5.20. The normalized spacial score (nSPS) is 16.4. The number of rotatable bonds is 6. The zero-order valence-electron chi connectivity index (χ0n) is 8.50. The Labute approximate surface area is 84.8 Å². The smallest absolute Gasteiger partial charge is 0.229 e. The molecule has 2 amide bonds. The van der Waals surface area contributed by atoms with Crippen LogP contribution >= 0.6 is 0 Å². The maximum atomic E-state index is 11.2. The van der Waals surface area contributed by atoms with Gasteiger partial charge in [-0.2, -0.15) is 0 Å². The van der Waals surface area contributed by atoms with Crippen molar-refractivity contribution in [1.29, 1.82) is 0 Å². The van der Waals surface area contributed by atoms with Crippen LogP contribution in [0, 0.1) is 0 Å². The van der Waals surface area contributed by atoms with Crippen LogP contribution in [0.25, 0.3) is 0 Å². The number of hydrogen-bond acceptors (Lipinski definition) is 2. The van der Waals surface area contributed by atoms with Gasteiger partial charge in [0, 0.05) is 19.4 Å². The lowest BCUT2D eigenvalue weighted by Gasteiger charge is -2.12. The quantitative estimate of drug-likeness (QED) is 0.368. The Balaban J connectivity index is 2.14. The Morgan fingerprint density at radius 3 is 2.36 bits per heavy atom. The highest BCUT2D eigenvalue weighted by Gasteiger charge is 2.27. The molecule has 78 valence electrons. The van der Waals surface area contributed by atoms with Gasteiger partial charge in [0.1, 0.15) is 0 Å². The van der Waals surface area contributed by atoms with Gasteiger partial charge in [0.25, 0.3) is 0 Å². The Bertz CT molecular complexity index is 219. The largest absolute Gasteiger partial charge is 0.283 e. The number of nitrogens with zero attached hydrogens (tertiary/aromatic N) is 1. The molecule has 0 spiro atoms. The van der Waals surface area contributed by atoms with Crippen molar-refractivity contribution in [2.45, 2.75) is 38.5 Å². The van der Waals surface area contributed by atoms with E-state index in [0.717, 1.165) is 25.7 Å². The summed E-state index contributed by atoms with van der Waals surface area (Å²) in [5, 5.41) is 0. The molecule has 1 heterocycles. The molecule has 0 N–H and O–H groups in total. The average molecular weight is 195 g/mol. The predicted octanol–water partition coefficient (Wildman–Crippen LogP) is 1.88. The number of carbonyl (C=O) groups excluding carboxylic acids is 2. The maximum absolute atomic E-state index is 11.2. The van der Waals surface area contributed by atoms with Crippen molar-refractivity contribution in [3.63, 3.8) is 0 Å². The van der Waals surface area contributed by atoms with Crippen molar-refractivity contribution in [2.24, 2.45) is 0 Å². The summed E-state index contributed by atoms with van der Waals surface area (Å²) in [5.74, 6) is -0.00237. The van der Waals surface area contributed by atoms with Crippen molar-refractivity contribution in [3.05, 3.63) is 12.7 Å². The highest BCUT2D eigenvalue weighted by atomic mass is 16.2. The summed E-state index contributed by atoms with van der Waals surface area (Å²) in [6, 6.07) is 0. The Hall–Kier alpha value is -1.12. The molecule has 0 aromatic heterocycles. The summed E-state index contributed by atoms with van der Waals surface area (Å²) < 4.78 is 0. The van der Waals surface area contributed by atoms with Crippen LogP contribution in [0.5, 0.6) is 0 Å². The van der Waals surface area contributed by atoms with E-state index in [1.807, 2.05) is 6.08 Å². The summed E-state index contributed by atoms with van der Waals surface area (Å²) in [6.07, 6.45) is 6.80. The minimum atomic E-state index is -0.00118. The molecule has 0 atom stereocenters. The summed E-state index contributed by atoms with van der Waals surface area (Å²) in [6.45, 7) is 4.25. The molecule has 3 heteroatoms. The van der Waals surface area contributed by atoms with Crippen LogP contribution in [0.3, 0.4) is 0 Å². The Morgan fingerprint density at radius 1 is 1.14 bits per heavy atom. The summed E-state index contributed by atoms with van der Waals surface area (Å²) in [5.41, 5.74) is 0. The van der Waals surface area contributed by atoms with Gasteiger partial charge in [-0.3, -0.25) is 14.5 Å². The first kappa shape index (κ1) is 11.0. The monoisotopic (exact) mass is 195 g/mol. The highest BCUT2D eigenvalue weighted by Crippen LogP contribution is 2.13. The molecule has 1 aliphatic rings. The molecule has 0 radical (unpaired) electrons. The molecule has 0 bridgehead atoms. The minimum absolute atomic E-state index is 0.00118.